The van der Waals surface area contributed by atoms with Crippen molar-refractivity contribution in [1.82, 2.24) is 0 Å². The Morgan fingerprint density at radius 2 is 2.05 bits per heavy atom. The Hall–Kier alpha value is -1.35. The topological polar surface area (TPSA) is 38.8 Å². The van der Waals surface area contributed by atoms with Crippen LogP contribution in [0.4, 0.5) is 0 Å². The molecule has 2 fully saturated rings. The van der Waals surface area contributed by atoms with Crippen molar-refractivity contribution < 1.29 is 14.3 Å². The highest BCUT2D eigenvalue weighted by atomic mass is 16.7. The molecular weight excluding hydrogens is 240 g/mol. The molecule has 1 aromatic rings. The lowest BCUT2D eigenvalue weighted by Gasteiger charge is -2.12. The molecule has 0 radical (unpaired) electrons. The Labute approximate surface area is 113 Å². The third kappa shape index (κ3) is 1.71. The summed E-state index contributed by atoms with van der Waals surface area (Å²) in [6.45, 7) is 4.54. The molecule has 0 amide bonds. The zero-order valence-electron chi connectivity index (χ0n) is 11.6. The molecule has 1 saturated carbocycles. The minimum Gasteiger partial charge on any atom is -0.463 e. The van der Waals surface area contributed by atoms with Crippen LogP contribution in [-0.2, 0) is 19.9 Å². The summed E-state index contributed by atoms with van der Waals surface area (Å²) in [7, 11) is 0. The number of carbonyl (C=O) groups is 1. The van der Waals surface area contributed by atoms with Crippen LogP contribution >= 0.6 is 0 Å². The van der Waals surface area contributed by atoms with Crippen LogP contribution in [0.1, 0.15) is 43.7 Å². The van der Waals surface area contributed by atoms with E-state index in [1.807, 2.05) is 6.92 Å². The summed E-state index contributed by atoms with van der Waals surface area (Å²) < 4.78 is 11.3. The molecule has 1 aliphatic carbocycles. The highest BCUT2D eigenvalue weighted by Gasteiger charge is 2.78. The number of ether oxygens (including phenoxy) is 2. The molecule has 2 aliphatic rings. The van der Waals surface area contributed by atoms with Gasteiger partial charge in [0.15, 0.2) is 5.60 Å². The molecule has 3 nitrogen and oxygen atoms in total. The molecule has 3 rings (SSSR count). The van der Waals surface area contributed by atoms with Crippen molar-refractivity contribution in [3.63, 3.8) is 0 Å². The van der Waals surface area contributed by atoms with Gasteiger partial charge in [0.05, 0.1) is 6.61 Å². The summed E-state index contributed by atoms with van der Waals surface area (Å²) in [6, 6.07) is 8.31. The zero-order chi connectivity index (χ0) is 13.5. The average Bonchev–Trinajstić information content (AvgIpc) is 2.95. The van der Waals surface area contributed by atoms with Gasteiger partial charge in [-0.3, -0.25) is 0 Å². The van der Waals surface area contributed by atoms with Crippen LogP contribution in [0.5, 0.6) is 0 Å². The second-order valence-electron chi connectivity index (χ2n) is 5.61. The van der Waals surface area contributed by atoms with Crippen molar-refractivity contribution in [2.24, 2.45) is 0 Å². The molecule has 102 valence electrons. The number of carbonyl (C=O) groups excluding carboxylic acids is 1. The van der Waals surface area contributed by atoms with Gasteiger partial charge in [0.1, 0.15) is 5.60 Å². The summed E-state index contributed by atoms with van der Waals surface area (Å²) >= 11 is 0. The third-order valence-electron chi connectivity index (χ3n) is 4.30. The van der Waals surface area contributed by atoms with Crippen molar-refractivity contribution in [3.05, 3.63) is 35.4 Å². The van der Waals surface area contributed by atoms with E-state index in [4.69, 9.17) is 9.47 Å². The van der Waals surface area contributed by atoms with Gasteiger partial charge in [-0.2, -0.15) is 0 Å². The first kappa shape index (κ1) is 12.7. The van der Waals surface area contributed by atoms with Crippen molar-refractivity contribution in [2.45, 2.75) is 50.7 Å². The second-order valence-corrected chi connectivity index (χ2v) is 5.61. The predicted octanol–water partition coefficient (Wildman–Crippen LogP) is 3.10. The third-order valence-corrected chi connectivity index (χ3v) is 4.30. The quantitative estimate of drug-likeness (QED) is 0.617. The summed E-state index contributed by atoms with van der Waals surface area (Å²) in [4.78, 5) is 12.3. The molecule has 1 heterocycles. The largest absolute Gasteiger partial charge is 0.463 e. The highest BCUT2D eigenvalue weighted by Crippen LogP contribution is 2.66. The van der Waals surface area contributed by atoms with Crippen LogP contribution in [0.3, 0.4) is 0 Å². The Morgan fingerprint density at radius 1 is 1.32 bits per heavy atom. The normalized spacial score (nSPS) is 31.9. The first-order valence-corrected chi connectivity index (χ1v) is 7.09. The van der Waals surface area contributed by atoms with E-state index in [2.05, 4.69) is 31.2 Å². The smallest absolute Gasteiger partial charge is 0.341 e. The molecule has 1 aliphatic heterocycles. The average molecular weight is 260 g/mol. The first-order chi connectivity index (χ1) is 9.14. The van der Waals surface area contributed by atoms with E-state index in [1.165, 1.54) is 5.56 Å². The molecule has 2 unspecified atom stereocenters. The van der Waals surface area contributed by atoms with Crippen LogP contribution in [0.2, 0.25) is 0 Å². The SMILES string of the molecule is CCCOC(=O)C12CCCC1(c1ccc(C)cc1)O2. The van der Waals surface area contributed by atoms with E-state index in [0.29, 0.717) is 6.61 Å². The Morgan fingerprint density at radius 3 is 2.74 bits per heavy atom. The van der Waals surface area contributed by atoms with Crippen LogP contribution in [0, 0.1) is 6.92 Å². The van der Waals surface area contributed by atoms with E-state index >= 15 is 0 Å². The Kier molecular flexibility index (Phi) is 2.90. The van der Waals surface area contributed by atoms with E-state index in [0.717, 1.165) is 31.2 Å². The Bertz CT molecular complexity index is 493. The number of benzene rings is 1. The fraction of sp³-hybridized carbons (Fsp3) is 0.562. The molecule has 1 saturated heterocycles. The lowest BCUT2D eigenvalue weighted by Crippen LogP contribution is -2.30. The molecular formula is C16H20O3. The van der Waals surface area contributed by atoms with Gasteiger partial charge in [0.25, 0.3) is 0 Å². The van der Waals surface area contributed by atoms with Gasteiger partial charge in [-0.15, -0.1) is 0 Å². The number of esters is 1. The van der Waals surface area contributed by atoms with Gasteiger partial charge in [0, 0.05) is 0 Å². The molecule has 0 bridgehead atoms. The van der Waals surface area contributed by atoms with Gasteiger partial charge in [-0.25, -0.2) is 4.79 Å². The molecule has 1 aromatic carbocycles. The molecule has 3 heteroatoms. The summed E-state index contributed by atoms with van der Waals surface area (Å²) in [5, 5.41) is 0. The standard InChI is InChI=1S/C16H20O3/c1-3-11-18-14(17)16-10-4-9-15(16,19-16)13-7-5-12(2)6-8-13/h5-8H,3-4,9-11H2,1-2H3. The minimum absolute atomic E-state index is 0.174. The van der Waals surface area contributed by atoms with Gasteiger partial charge >= 0.3 is 5.97 Å². The van der Waals surface area contributed by atoms with E-state index in [-0.39, 0.29) is 5.97 Å². The van der Waals surface area contributed by atoms with Gasteiger partial charge < -0.3 is 9.47 Å². The lowest BCUT2D eigenvalue weighted by molar-refractivity contribution is -0.150. The predicted molar refractivity (Wildman–Crippen MR) is 71.8 cm³/mol. The molecule has 0 aromatic heterocycles. The van der Waals surface area contributed by atoms with E-state index in [9.17, 15) is 4.79 Å². The fourth-order valence-corrected chi connectivity index (χ4v) is 3.24. The van der Waals surface area contributed by atoms with E-state index < -0.39 is 11.2 Å². The number of epoxide rings is 1. The van der Waals surface area contributed by atoms with Crippen LogP contribution in [0.25, 0.3) is 0 Å². The highest BCUT2D eigenvalue weighted by molar-refractivity contribution is 5.86. The number of hydrogen-bond acceptors (Lipinski definition) is 3. The first-order valence-electron chi connectivity index (χ1n) is 7.09. The molecule has 0 spiro atoms. The van der Waals surface area contributed by atoms with Crippen LogP contribution < -0.4 is 0 Å². The minimum atomic E-state index is -0.697. The number of fused-ring (bicyclic) bond motifs is 1. The van der Waals surface area contributed by atoms with Crippen molar-refractivity contribution in [3.8, 4) is 0 Å². The summed E-state index contributed by atoms with van der Waals surface area (Å²) in [5.74, 6) is -0.174. The van der Waals surface area contributed by atoms with Crippen molar-refractivity contribution in [2.75, 3.05) is 6.61 Å². The molecule has 19 heavy (non-hydrogen) atoms. The maximum atomic E-state index is 12.3. The van der Waals surface area contributed by atoms with Gasteiger partial charge in [0.2, 0.25) is 0 Å². The maximum absolute atomic E-state index is 12.3. The lowest BCUT2D eigenvalue weighted by atomic mass is 9.88. The Balaban J connectivity index is 1.86. The van der Waals surface area contributed by atoms with E-state index in [1.54, 1.807) is 0 Å². The number of aryl methyl sites for hydroxylation is 1. The van der Waals surface area contributed by atoms with Crippen LogP contribution in [-0.4, -0.2) is 18.2 Å². The number of hydrogen-bond donors (Lipinski definition) is 0. The van der Waals surface area contributed by atoms with Crippen LogP contribution in [0.15, 0.2) is 24.3 Å². The molecule has 0 N–H and O–H groups in total. The zero-order valence-corrected chi connectivity index (χ0v) is 11.6. The maximum Gasteiger partial charge on any atom is 0.341 e. The molecule has 2 atom stereocenters. The summed E-state index contributed by atoms with van der Waals surface area (Å²) in [5.41, 5.74) is 1.23. The summed E-state index contributed by atoms with van der Waals surface area (Å²) in [6.07, 6.45) is 3.56. The van der Waals surface area contributed by atoms with Gasteiger partial charge in [-0.1, -0.05) is 36.8 Å². The number of rotatable bonds is 4. The fourth-order valence-electron chi connectivity index (χ4n) is 3.24. The van der Waals surface area contributed by atoms with Crippen molar-refractivity contribution in [1.29, 1.82) is 0 Å². The monoisotopic (exact) mass is 260 g/mol. The van der Waals surface area contributed by atoms with Gasteiger partial charge in [-0.05, 0) is 38.2 Å². The van der Waals surface area contributed by atoms with Crippen molar-refractivity contribution >= 4 is 5.97 Å². The second kappa shape index (κ2) is 4.34.